The summed E-state index contributed by atoms with van der Waals surface area (Å²) < 4.78 is 0. The molecule has 1 N–H and O–H groups in total. The standard InChI is InChI=1S/C18H26N2O.ClH/c1-2-11-20(18(21)16-9-10-19-13-16)17-8-7-14-5-3-4-6-15(14)12-17;/h3-6,16-17,19H,2,7-13H2,1H3;1H. The minimum atomic E-state index is 0. The number of hydrogen-bond acceptors (Lipinski definition) is 2. The van der Waals surface area contributed by atoms with Gasteiger partial charge in [0.2, 0.25) is 5.91 Å². The molecule has 22 heavy (non-hydrogen) atoms. The second kappa shape index (κ2) is 7.98. The van der Waals surface area contributed by atoms with Gasteiger partial charge in [0.05, 0.1) is 5.92 Å². The molecular formula is C18H27ClN2O. The van der Waals surface area contributed by atoms with E-state index in [1.807, 2.05) is 0 Å². The smallest absolute Gasteiger partial charge is 0.227 e. The highest BCUT2D eigenvalue weighted by atomic mass is 35.5. The molecule has 2 atom stereocenters. The number of rotatable bonds is 4. The van der Waals surface area contributed by atoms with Gasteiger partial charge in [-0.2, -0.15) is 0 Å². The highest BCUT2D eigenvalue weighted by Gasteiger charge is 2.32. The number of amides is 1. The van der Waals surface area contributed by atoms with Crippen LogP contribution in [0.4, 0.5) is 0 Å². The molecule has 0 saturated carbocycles. The minimum absolute atomic E-state index is 0. The van der Waals surface area contributed by atoms with Crippen molar-refractivity contribution >= 4 is 18.3 Å². The molecule has 1 aliphatic carbocycles. The molecule has 1 aliphatic heterocycles. The predicted octanol–water partition coefficient (Wildman–Crippen LogP) is 2.81. The number of halogens is 1. The number of fused-ring (bicyclic) bond motifs is 1. The van der Waals surface area contributed by atoms with Gasteiger partial charge in [-0.25, -0.2) is 0 Å². The van der Waals surface area contributed by atoms with Crippen molar-refractivity contribution in [3.8, 4) is 0 Å². The Labute approximate surface area is 139 Å². The molecule has 1 aromatic rings. The normalized spacial score (nSPS) is 23.5. The molecule has 0 spiro atoms. The molecule has 122 valence electrons. The first-order valence-electron chi connectivity index (χ1n) is 8.37. The van der Waals surface area contributed by atoms with Crippen LogP contribution >= 0.6 is 12.4 Å². The summed E-state index contributed by atoms with van der Waals surface area (Å²) in [5, 5.41) is 3.32. The van der Waals surface area contributed by atoms with E-state index in [2.05, 4.69) is 41.4 Å². The first-order valence-corrected chi connectivity index (χ1v) is 8.37. The lowest BCUT2D eigenvalue weighted by Gasteiger charge is -2.36. The quantitative estimate of drug-likeness (QED) is 0.924. The van der Waals surface area contributed by atoms with Crippen LogP contribution in [0.3, 0.4) is 0 Å². The van der Waals surface area contributed by atoms with Gasteiger partial charge in [0, 0.05) is 19.1 Å². The zero-order valence-electron chi connectivity index (χ0n) is 13.4. The molecule has 0 aromatic heterocycles. The molecular weight excluding hydrogens is 296 g/mol. The predicted molar refractivity (Wildman–Crippen MR) is 92.5 cm³/mol. The molecule has 1 heterocycles. The summed E-state index contributed by atoms with van der Waals surface area (Å²) in [6.45, 7) is 4.93. The van der Waals surface area contributed by atoms with Crippen LogP contribution in [-0.4, -0.2) is 36.5 Å². The number of benzene rings is 1. The molecule has 1 amide bonds. The summed E-state index contributed by atoms with van der Waals surface area (Å²) in [6, 6.07) is 9.10. The number of carbonyl (C=O) groups is 1. The number of carbonyl (C=O) groups excluding carboxylic acids is 1. The van der Waals surface area contributed by atoms with Crippen molar-refractivity contribution in [1.29, 1.82) is 0 Å². The first-order chi connectivity index (χ1) is 10.3. The van der Waals surface area contributed by atoms with Gasteiger partial charge in [-0.3, -0.25) is 4.79 Å². The molecule has 4 heteroatoms. The molecule has 1 aromatic carbocycles. The van der Waals surface area contributed by atoms with Crippen molar-refractivity contribution in [2.45, 2.75) is 45.1 Å². The number of aryl methyl sites for hydroxylation is 1. The lowest BCUT2D eigenvalue weighted by Crippen LogP contribution is -2.46. The minimum Gasteiger partial charge on any atom is -0.339 e. The summed E-state index contributed by atoms with van der Waals surface area (Å²) >= 11 is 0. The SMILES string of the molecule is CCCN(C(=O)C1CCNC1)C1CCc2ccccc2C1.Cl. The average molecular weight is 323 g/mol. The van der Waals surface area contributed by atoms with E-state index in [9.17, 15) is 4.79 Å². The Morgan fingerprint density at radius 2 is 2.05 bits per heavy atom. The van der Waals surface area contributed by atoms with Crippen LogP contribution in [0.5, 0.6) is 0 Å². The van der Waals surface area contributed by atoms with E-state index in [1.165, 1.54) is 11.1 Å². The second-order valence-electron chi connectivity index (χ2n) is 6.39. The summed E-state index contributed by atoms with van der Waals surface area (Å²) in [6.07, 6.45) is 5.30. The van der Waals surface area contributed by atoms with Gasteiger partial charge in [0.15, 0.2) is 0 Å². The van der Waals surface area contributed by atoms with E-state index in [-0.39, 0.29) is 18.3 Å². The summed E-state index contributed by atoms with van der Waals surface area (Å²) in [4.78, 5) is 15.0. The zero-order chi connectivity index (χ0) is 14.7. The average Bonchev–Trinajstić information content (AvgIpc) is 3.06. The number of nitrogens with one attached hydrogen (secondary N) is 1. The molecule has 1 fully saturated rings. The van der Waals surface area contributed by atoms with Crippen molar-refractivity contribution in [1.82, 2.24) is 10.2 Å². The van der Waals surface area contributed by atoms with E-state index in [0.717, 1.165) is 51.7 Å². The van der Waals surface area contributed by atoms with E-state index in [1.54, 1.807) is 0 Å². The summed E-state index contributed by atoms with van der Waals surface area (Å²) in [7, 11) is 0. The maximum atomic E-state index is 12.8. The van der Waals surface area contributed by atoms with E-state index in [4.69, 9.17) is 0 Å². The third-order valence-electron chi connectivity index (χ3n) is 4.92. The number of nitrogens with zero attached hydrogens (tertiary/aromatic N) is 1. The fraction of sp³-hybridized carbons (Fsp3) is 0.611. The van der Waals surface area contributed by atoms with Crippen molar-refractivity contribution < 1.29 is 4.79 Å². The second-order valence-corrected chi connectivity index (χ2v) is 6.39. The maximum Gasteiger partial charge on any atom is 0.227 e. The Kier molecular flexibility index (Phi) is 6.27. The van der Waals surface area contributed by atoms with Gasteiger partial charge in [-0.15, -0.1) is 12.4 Å². The van der Waals surface area contributed by atoms with Gasteiger partial charge in [0.25, 0.3) is 0 Å². The van der Waals surface area contributed by atoms with Gasteiger partial charge >= 0.3 is 0 Å². The zero-order valence-corrected chi connectivity index (χ0v) is 14.2. The third kappa shape index (κ3) is 3.64. The molecule has 0 bridgehead atoms. The van der Waals surface area contributed by atoms with Gasteiger partial charge < -0.3 is 10.2 Å². The van der Waals surface area contributed by atoms with Crippen LogP contribution in [0.2, 0.25) is 0 Å². The monoisotopic (exact) mass is 322 g/mol. The van der Waals surface area contributed by atoms with E-state index < -0.39 is 0 Å². The van der Waals surface area contributed by atoms with Crippen LogP contribution < -0.4 is 5.32 Å². The fourth-order valence-electron chi connectivity index (χ4n) is 3.76. The highest BCUT2D eigenvalue weighted by Crippen LogP contribution is 2.26. The molecule has 3 nitrogen and oxygen atoms in total. The van der Waals surface area contributed by atoms with Crippen molar-refractivity contribution in [2.75, 3.05) is 19.6 Å². The Morgan fingerprint density at radius 1 is 1.27 bits per heavy atom. The Hall–Kier alpha value is -1.06. The summed E-state index contributed by atoms with van der Waals surface area (Å²) in [5.41, 5.74) is 2.91. The largest absolute Gasteiger partial charge is 0.339 e. The van der Waals surface area contributed by atoms with Crippen LogP contribution in [0.25, 0.3) is 0 Å². The lowest BCUT2D eigenvalue weighted by molar-refractivity contribution is -0.137. The van der Waals surface area contributed by atoms with Crippen LogP contribution in [0.15, 0.2) is 24.3 Å². The van der Waals surface area contributed by atoms with Crippen molar-refractivity contribution in [3.63, 3.8) is 0 Å². The maximum absolute atomic E-state index is 12.8. The molecule has 2 aliphatic rings. The Morgan fingerprint density at radius 3 is 2.73 bits per heavy atom. The van der Waals surface area contributed by atoms with E-state index in [0.29, 0.717) is 11.9 Å². The lowest BCUT2D eigenvalue weighted by atomic mass is 9.87. The van der Waals surface area contributed by atoms with Crippen molar-refractivity contribution in [3.05, 3.63) is 35.4 Å². The highest BCUT2D eigenvalue weighted by molar-refractivity contribution is 5.85. The molecule has 1 saturated heterocycles. The Balaban J connectivity index is 0.00000176. The van der Waals surface area contributed by atoms with E-state index >= 15 is 0 Å². The fourth-order valence-corrected chi connectivity index (χ4v) is 3.76. The molecule has 3 rings (SSSR count). The van der Waals surface area contributed by atoms with Gasteiger partial charge in [-0.05, 0) is 49.8 Å². The molecule has 0 radical (unpaired) electrons. The van der Waals surface area contributed by atoms with Crippen molar-refractivity contribution in [2.24, 2.45) is 5.92 Å². The van der Waals surface area contributed by atoms with Crippen LogP contribution in [0, 0.1) is 5.92 Å². The summed E-state index contributed by atoms with van der Waals surface area (Å²) in [5.74, 6) is 0.583. The number of hydrogen-bond donors (Lipinski definition) is 1. The van der Waals surface area contributed by atoms with Crippen LogP contribution in [-0.2, 0) is 17.6 Å². The van der Waals surface area contributed by atoms with Gasteiger partial charge in [-0.1, -0.05) is 31.2 Å². The van der Waals surface area contributed by atoms with Gasteiger partial charge in [0.1, 0.15) is 0 Å². The molecule has 2 unspecified atom stereocenters. The van der Waals surface area contributed by atoms with Crippen LogP contribution in [0.1, 0.15) is 37.3 Å². The Bertz CT molecular complexity index is 500. The first kappa shape index (κ1) is 17.3. The third-order valence-corrected chi connectivity index (χ3v) is 4.92. The topological polar surface area (TPSA) is 32.3 Å².